The number of rotatable bonds is 6. The first-order chi connectivity index (χ1) is 9.65. The number of thiophene rings is 1. The summed E-state index contributed by atoms with van der Waals surface area (Å²) in [5.74, 6) is 0.307. The summed E-state index contributed by atoms with van der Waals surface area (Å²) >= 11 is 1.68. The minimum atomic E-state index is 0.101. The number of nitrogens with one attached hydrogen (secondary N) is 1. The molecule has 0 bridgehead atoms. The SMILES string of the molecule is CC(CC(=O)NCCc1ccsc1)c1ccc(N)cc1. The van der Waals surface area contributed by atoms with Gasteiger partial charge in [0, 0.05) is 18.7 Å². The topological polar surface area (TPSA) is 55.1 Å². The highest BCUT2D eigenvalue weighted by molar-refractivity contribution is 7.07. The standard InChI is InChI=1S/C16H20N2OS/c1-12(14-2-4-15(17)5-3-14)10-16(19)18-8-6-13-7-9-20-11-13/h2-5,7,9,11-12H,6,8,10,17H2,1H3,(H,18,19). The maximum absolute atomic E-state index is 11.9. The number of hydrogen-bond donors (Lipinski definition) is 2. The van der Waals surface area contributed by atoms with Gasteiger partial charge in [-0.25, -0.2) is 0 Å². The van der Waals surface area contributed by atoms with Crippen LogP contribution in [0.2, 0.25) is 0 Å². The van der Waals surface area contributed by atoms with Crippen molar-refractivity contribution < 1.29 is 4.79 Å². The number of anilines is 1. The second-order valence-electron chi connectivity index (χ2n) is 5.00. The summed E-state index contributed by atoms with van der Waals surface area (Å²) < 4.78 is 0. The molecule has 1 atom stereocenters. The van der Waals surface area contributed by atoms with Crippen LogP contribution in [0.1, 0.15) is 30.4 Å². The molecule has 1 aromatic heterocycles. The Hall–Kier alpha value is -1.81. The molecule has 3 N–H and O–H groups in total. The van der Waals surface area contributed by atoms with E-state index in [4.69, 9.17) is 5.73 Å². The van der Waals surface area contributed by atoms with Crippen LogP contribution >= 0.6 is 11.3 Å². The molecule has 1 amide bonds. The second-order valence-corrected chi connectivity index (χ2v) is 5.78. The van der Waals surface area contributed by atoms with E-state index in [0.29, 0.717) is 13.0 Å². The van der Waals surface area contributed by atoms with E-state index in [9.17, 15) is 4.79 Å². The maximum Gasteiger partial charge on any atom is 0.220 e. The summed E-state index contributed by atoms with van der Waals surface area (Å²) in [4.78, 5) is 11.9. The van der Waals surface area contributed by atoms with Crippen LogP contribution in [-0.4, -0.2) is 12.5 Å². The van der Waals surface area contributed by atoms with Crippen LogP contribution in [0.25, 0.3) is 0 Å². The van der Waals surface area contributed by atoms with Gasteiger partial charge in [0.2, 0.25) is 5.91 Å². The van der Waals surface area contributed by atoms with Gasteiger partial charge in [0.15, 0.2) is 0 Å². The van der Waals surface area contributed by atoms with Crippen molar-refractivity contribution in [3.05, 3.63) is 52.2 Å². The number of carbonyl (C=O) groups excluding carboxylic acids is 1. The van der Waals surface area contributed by atoms with Gasteiger partial charge in [0.05, 0.1) is 0 Å². The average Bonchev–Trinajstić information content (AvgIpc) is 2.92. The Balaban J connectivity index is 1.74. The molecule has 0 saturated carbocycles. The predicted octanol–water partition coefficient (Wildman–Crippen LogP) is 3.18. The van der Waals surface area contributed by atoms with Gasteiger partial charge in [-0.3, -0.25) is 4.79 Å². The molecule has 20 heavy (non-hydrogen) atoms. The third-order valence-electron chi connectivity index (χ3n) is 3.31. The van der Waals surface area contributed by atoms with E-state index in [1.54, 1.807) is 11.3 Å². The zero-order chi connectivity index (χ0) is 14.4. The van der Waals surface area contributed by atoms with Gasteiger partial charge in [-0.15, -0.1) is 0 Å². The molecule has 2 aromatic rings. The molecule has 3 nitrogen and oxygen atoms in total. The molecule has 2 rings (SSSR count). The maximum atomic E-state index is 11.9. The first-order valence-corrected chi connectivity index (χ1v) is 7.72. The van der Waals surface area contributed by atoms with Gasteiger partial charge in [0.25, 0.3) is 0 Å². The van der Waals surface area contributed by atoms with Crippen molar-refractivity contribution in [1.29, 1.82) is 0 Å². The number of carbonyl (C=O) groups is 1. The molecular weight excluding hydrogens is 268 g/mol. The van der Waals surface area contributed by atoms with Crippen molar-refractivity contribution in [3.63, 3.8) is 0 Å². The Bertz CT molecular complexity index is 534. The third-order valence-corrected chi connectivity index (χ3v) is 4.05. The molecule has 1 aromatic carbocycles. The summed E-state index contributed by atoms with van der Waals surface area (Å²) in [6.45, 7) is 2.76. The van der Waals surface area contributed by atoms with Crippen molar-refractivity contribution in [2.75, 3.05) is 12.3 Å². The van der Waals surface area contributed by atoms with Gasteiger partial charge in [-0.2, -0.15) is 11.3 Å². The smallest absolute Gasteiger partial charge is 0.220 e. The Kier molecular flexibility index (Phi) is 5.18. The molecule has 0 fully saturated rings. The van der Waals surface area contributed by atoms with E-state index in [1.165, 1.54) is 5.56 Å². The Labute approximate surface area is 123 Å². The average molecular weight is 288 g/mol. The quantitative estimate of drug-likeness (QED) is 0.802. The highest BCUT2D eigenvalue weighted by atomic mass is 32.1. The lowest BCUT2D eigenvalue weighted by atomic mass is 9.97. The molecule has 0 spiro atoms. The summed E-state index contributed by atoms with van der Waals surface area (Å²) in [6, 6.07) is 9.81. The lowest BCUT2D eigenvalue weighted by Gasteiger charge is -2.12. The third kappa shape index (κ3) is 4.38. The lowest BCUT2D eigenvalue weighted by molar-refractivity contribution is -0.121. The van der Waals surface area contributed by atoms with E-state index >= 15 is 0 Å². The molecule has 4 heteroatoms. The molecule has 0 aliphatic rings. The molecule has 0 aliphatic heterocycles. The number of hydrogen-bond acceptors (Lipinski definition) is 3. The predicted molar refractivity (Wildman–Crippen MR) is 84.9 cm³/mol. The summed E-state index contributed by atoms with van der Waals surface area (Å²) in [7, 11) is 0. The fraction of sp³-hybridized carbons (Fsp3) is 0.312. The molecule has 1 unspecified atom stereocenters. The van der Waals surface area contributed by atoms with Gasteiger partial charge in [-0.05, 0) is 52.4 Å². The van der Waals surface area contributed by atoms with E-state index < -0.39 is 0 Å². The van der Waals surface area contributed by atoms with Crippen molar-refractivity contribution in [3.8, 4) is 0 Å². The van der Waals surface area contributed by atoms with Crippen LogP contribution in [0.15, 0.2) is 41.1 Å². The van der Waals surface area contributed by atoms with Crippen LogP contribution in [0.4, 0.5) is 5.69 Å². The van der Waals surface area contributed by atoms with Crippen molar-refractivity contribution >= 4 is 22.9 Å². The van der Waals surface area contributed by atoms with Crippen LogP contribution in [0.3, 0.4) is 0 Å². The lowest BCUT2D eigenvalue weighted by Crippen LogP contribution is -2.26. The number of amides is 1. The second kappa shape index (κ2) is 7.10. The van der Waals surface area contributed by atoms with Crippen LogP contribution in [0, 0.1) is 0 Å². The molecule has 106 valence electrons. The van der Waals surface area contributed by atoms with Crippen LogP contribution < -0.4 is 11.1 Å². The minimum absolute atomic E-state index is 0.101. The highest BCUT2D eigenvalue weighted by Gasteiger charge is 2.10. The zero-order valence-corrected chi connectivity index (χ0v) is 12.5. The first-order valence-electron chi connectivity index (χ1n) is 6.78. The number of nitrogens with two attached hydrogens (primary N) is 1. The summed E-state index contributed by atoms with van der Waals surface area (Å²) in [6.07, 6.45) is 1.40. The zero-order valence-electron chi connectivity index (χ0n) is 11.6. The van der Waals surface area contributed by atoms with Crippen LogP contribution in [0.5, 0.6) is 0 Å². The van der Waals surface area contributed by atoms with Crippen molar-refractivity contribution in [2.45, 2.75) is 25.7 Å². The summed E-state index contributed by atoms with van der Waals surface area (Å²) in [5, 5.41) is 7.14. The van der Waals surface area contributed by atoms with Crippen molar-refractivity contribution in [1.82, 2.24) is 5.32 Å². The Morgan fingerprint density at radius 3 is 2.70 bits per heavy atom. The minimum Gasteiger partial charge on any atom is -0.399 e. The fourth-order valence-electron chi connectivity index (χ4n) is 2.07. The van der Waals surface area contributed by atoms with Crippen LogP contribution in [-0.2, 0) is 11.2 Å². The fourth-order valence-corrected chi connectivity index (χ4v) is 2.78. The molecule has 0 aliphatic carbocycles. The molecule has 1 heterocycles. The summed E-state index contributed by atoms with van der Waals surface area (Å²) in [5.41, 5.74) is 8.84. The Morgan fingerprint density at radius 1 is 1.30 bits per heavy atom. The first kappa shape index (κ1) is 14.6. The van der Waals surface area contributed by atoms with Crippen molar-refractivity contribution in [2.24, 2.45) is 0 Å². The molecule has 0 radical (unpaired) electrons. The van der Waals surface area contributed by atoms with E-state index in [0.717, 1.165) is 17.7 Å². The largest absolute Gasteiger partial charge is 0.399 e. The highest BCUT2D eigenvalue weighted by Crippen LogP contribution is 2.19. The van der Waals surface area contributed by atoms with E-state index in [-0.39, 0.29) is 11.8 Å². The van der Waals surface area contributed by atoms with E-state index in [1.807, 2.05) is 24.3 Å². The normalized spacial score (nSPS) is 12.1. The van der Waals surface area contributed by atoms with Gasteiger partial charge in [0.1, 0.15) is 0 Å². The molecular formula is C16H20N2OS. The van der Waals surface area contributed by atoms with Gasteiger partial charge in [-0.1, -0.05) is 19.1 Å². The Morgan fingerprint density at radius 2 is 2.05 bits per heavy atom. The van der Waals surface area contributed by atoms with Gasteiger partial charge >= 0.3 is 0 Å². The number of nitrogen functional groups attached to an aromatic ring is 1. The molecule has 0 saturated heterocycles. The van der Waals surface area contributed by atoms with E-state index in [2.05, 4.69) is 29.1 Å². The monoisotopic (exact) mass is 288 g/mol. The van der Waals surface area contributed by atoms with Gasteiger partial charge < -0.3 is 11.1 Å². The number of benzene rings is 1.